The molecule has 0 atom stereocenters. The second kappa shape index (κ2) is 11.8. The standard InChI is InChI=1S/C19H33NO4/c1-6-19(4,5)18(23)20-13-9-7-8-11-16(21)12-10-14-24-17(22)15(2)3/h2,6-14H2,1,3-5H3,(H,20,23). The van der Waals surface area contributed by atoms with E-state index in [1.165, 1.54) is 0 Å². The van der Waals surface area contributed by atoms with Crippen LogP contribution in [-0.4, -0.2) is 30.8 Å². The van der Waals surface area contributed by atoms with E-state index in [1.54, 1.807) is 6.92 Å². The molecule has 0 unspecified atom stereocenters. The van der Waals surface area contributed by atoms with Gasteiger partial charge in [0.1, 0.15) is 5.78 Å². The average Bonchev–Trinajstić information content (AvgIpc) is 2.53. The highest BCUT2D eigenvalue weighted by Gasteiger charge is 2.24. The molecule has 1 N–H and O–H groups in total. The third kappa shape index (κ3) is 10.2. The summed E-state index contributed by atoms with van der Waals surface area (Å²) < 4.78 is 4.94. The third-order valence-corrected chi connectivity index (χ3v) is 4.10. The van der Waals surface area contributed by atoms with E-state index in [9.17, 15) is 14.4 Å². The van der Waals surface area contributed by atoms with Crippen molar-refractivity contribution in [2.75, 3.05) is 13.2 Å². The minimum absolute atomic E-state index is 0.0883. The summed E-state index contributed by atoms with van der Waals surface area (Å²) in [5.74, 6) is -0.126. The van der Waals surface area contributed by atoms with E-state index >= 15 is 0 Å². The molecule has 0 fully saturated rings. The van der Waals surface area contributed by atoms with E-state index in [0.29, 0.717) is 31.4 Å². The summed E-state index contributed by atoms with van der Waals surface area (Å²) in [6.07, 6.45) is 4.98. The Labute approximate surface area is 146 Å². The zero-order chi connectivity index (χ0) is 18.6. The zero-order valence-corrected chi connectivity index (χ0v) is 15.7. The summed E-state index contributed by atoms with van der Waals surface area (Å²) in [6, 6.07) is 0. The maximum atomic E-state index is 11.9. The monoisotopic (exact) mass is 339 g/mol. The molecule has 0 aliphatic carbocycles. The van der Waals surface area contributed by atoms with Crippen LogP contribution in [-0.2, 0) is 19.1 Å². The Morgan fingerprint density at radius 3 is 2.25 bits per heavy atom. The number of carbonyl (C=O) groups excluding carboxylic acids is 3. The highest BCUT2D eigenvalue weighted by atomic mass is 16.5. The van der Waals surface area contributed by atoms with Gasteiger partial charge < -0.3 is 10.1 Å². The SMILES string of the molecule is C=C(C)C(=O)OCCCC(=O)CCCCCNC(=O)C(C)(C)CC. The van der Waals surface area contributed by atoms with Crippen LogP contribution in [0.15, 0.2) is 12.2 Å². The fourth-order valence-corrected chi connectivity index (χ4v) is 1.91. The minimum Gasteiger partial charge on any atom is -0.462 e. The van der Waals surface area contributed by atoms with Crippen molar-refractivity contribution in [1.29, 1.82) is 0 Å². The molecule has 0 bridgehead atoms. The first-order valence-electron chi connectivity index (χ1n) is 8.83. The second-order valence-corrected chi connectivity index (χ2v) is 6.86. The number of nitrogens with one attached hydrogen (secondary N) is 1. The Morgan fingerprint density at radius 1 is 1.04 bits per heavy atom. The van der Waals surface area contributed by atoms with Crippen molar-refractivity contribution in [2.45, 2.75) is 72.6 Å². The number of unbranched alkanes of at least 4 members (excludes halogenated alkanes) is 2. The predicted molar refractivity (Wildman–Crippen MR) is 95.6 cm³/mol. The van der Waals surface area contributed by atoms with Gasteiger partial charge in [-0.1, -0.05) is 33.8 Å². The molecule has 0 aromatic carbocycles. The molecular weight excluding hydrogens is 306 g/mol. The van der Waals surface area contributed by atoms with Gasteiger partial charge in [0, 0.05) is 30.4 Å². The van der Waals surface area contributed by atoms with Gasteiger partial charge in [0.15, 0.2) is 0 Å². The highest BCUT2D eigenvalue weighted by Crippen LogP contribution is 2.19. The number of ether oxygens (including phenoxy) is 1. The lowest BCUT2D eigenvalue weighted by molar-refractivity contribution is -0.139. The number of esters is 1. The summed E-state index contributed by atoms with van der Waals surface area (Å²) in [5.41, 5.74) is 0.0551. The third-order valence-electron chi connectivity index (χ3n) is 4.10. The minimum atomic E-state index is -0.407. The van der Waals surface area contributed by atoms with Gasteiger partial charge in [-0.3, -0.25) is 9.59 Å². The Kier molecular flexibility index (Phi) is 11.0. The van der Waals surface area contributed by atoms with Crippen LogP contribution in [0.2, 0.25) is 0 Å². The Bertz CT molecular complexity index is 441. The Morgan fingerprint density at radius 2 is 1.67 bits per heavy atom. The van der Waals surface area contributed by atoms with E-state index in [2.05, 4.69) is 11.9 Å². The van der Waals surface area contributed by atoms with Gasteiger partial charge in [-0.25, -0.2) is 4.79 Å². The molecule has 0 saturated carbocycles. The number of hydrogen-bond acceptors (Lipinski definition) is 4. The molecule has 0 heterocycles. The lowest BCUT2D eigenvalue weighted by Gasteiger charge is -2.21. The number of hydrogen-bond donors (Lipinski definition) is 1. The molecular formula is C19H33NO4. The molecule has 5 heteroatoms. The van der Waals surface area contributed by atoms with E-state index in [-0.39, 0.29) is 23.7 Å². The molecule has 5 nitrogen and oxygen atoms in total. The number of Topliss-reactive ketones (excluding diaryl/α,β-unsaturated/α-hetero) is 1. The van der Waals surface area contributed by atoms with Gasteiger partial charge >= 0.3 is 5.97 Å². The fourth-order valence-electron chi connectivity index (χ4n) is 1.91. The average molecular weight is 339 g/mol. The van der Waals surface area contributed by atoms with Crippen LogP contribution in [0.1, 0.15) is 72.6 Å². The van der Waals surface area contributed by atoms with Crippen LogP contribution >= 0.6 is 0 Å². The molecule has 0 aliphatic heterocycles. The summed E-state index contributed by atoms with van der Waals surface area (Å²) >= 11 is 0. The van der Waals surface area contributed by atoms with Gasteiger partial charge in [0.2, 0.25) is 5.91 Å². The number of rotatable bonds is 13. The van der Waals surface area contributed by atoms with Gasteiger partial charge in [0.25, 0.3) is 0 Å². The van der Waals surface area contributed by atoms with Crippen molar-refractivity contribution < 1.29 is 19.1 Å². The van der Waals surface area contributed by atoms with Crippen molar-refractivity contribution in [3.8, 4) is 0 Å². The molecule has 0 radical (unpaired) electrons. The van der Waals surface area contributed by atoms with Crippen molar-refractivity contribution in [3.63, 3.8) is 0 Å². The highest BCUT2D eigenvalue weighted by molar-refractivity contribution is 5.87. The Balaban J connectivity index is 3.58. The van der Waals surface area contributed by atoms with Gasteiger partial charge in [-0.15, -0.1) is 0 Å². The maximum absolute atomic E-state index is 11.9. The van der Waals surface area contributed by atoms with E-state index in [1.807, 2.05) is 20.8 Å². The van der Waals surface area contributed by atoms with E-state index in [4.69, 9.17) is 4.74 Å². The van der Waals surface area contributed by atoms with Crippen LogP contribution in [0.4, 0.5) is 0 Å². The first-order chi connectivity index (χ1) is 11.2. The number of ketones is 1. The molecule has 0 aromatic heterocycles. The maximum Gasteiger partial charge on any atom is 0.333 e. The normalized spacial score (nSPS) is 11.0. The first-order valence-corrected chi connectivity index (χ1v) is 8.83. The summed E-state index contributed by atoms with van der Waals surface area (Å²) in [6.45, 7) is 11.9. The van der Waals surface area contributed by atoms with Crippen LogP contribution in [0.5, 0.6) is 0 Å². The largest absolute Gasteiger partial charge is 0.462 e. The molecule has 138 valence electrons. The lowest BCUT2D eigenvalue weighted by atomic mass is 9.89. The molecule has 0 spiro atoms. The molecule has 0 aromatic rings. The van der Waals surface area contributed by atoms with Gasteiger partial charge in [0.05, 0.1) is 6.61 Å². The summed E-state index contributed by atoms with van der Waals surface area (Å²) in [7, 11) is 0. The predicted octanol–water partition coefficient (Wildman–Crippen LogP) is 3.57. The van der Waals surface area contributed by atoms with Crippen LogP contribution in [0, 0.1) is 5.41 Å². The van der Waals surface area contributed by atoms with Crippen molar-refractivity contribution in [3.05, 3.63) is 12.2 Å². The quantitative estimate of drug-likeness (QED) is 0.316. The smallest absolute Gasteiger partial charge is 0.333 e. The van der Waals surface area contributed by atoms with Crippen molar-refractivity contribution >= 4 is 17.7 Å². The second-order valence-electron chi connectivity index (χ2n) is 6.86. The summed E-state index contributed by atoms with van der Waals surface area (Å²) in [5, 5.41) is 2.94. The van der Waals surface area contributed by atoms with E-state index in [0.717, 1.165) is 25.7 Å². The fraction of sp³-hybridized carbons (Fsp3) is 0.737. The van der Waals surface area contributed by atoms with Crippen LogP contribution in [0.3, 0.4) is 0 Å². The van der Waals surface area contributed by atoms with Gasteiger partial charge in [-0.05, 0) is 32.6 Å². The molecule has 24 heavy (non-hydrogen) atoms. The van der Waals surface area contributed by atoms with Crippen molar-refractivity contribution in [1.82, 2.24) is 5.32 Å². The number of carbonyl (C=O) groups is 3. The lowest BCUT2D eigenvalue weighted by Crippen LogP contribution is -2.36. The van der Waals surface area contributed by atoms with Crippen molar-refractivity contribution in [2.24, 2.45) is 5.41 Å². The molecule has 1 amide bonds. The zero-order valence-electron chi connectivity index (χ0n) is 15.7. The Hall–Kier alpha value is -1.65. The van der Waals surface area contributed by atoms with E-state index < -0.39 is 5.97 Å². The molecule has 0 aliphatic rings. The first kappa shape index (κ1) is 22.4. The summed E-state index contributed by atoms with van der Waals surface area (Å²) in [4.78, 5) is 34.7. The molecule has 0 rings (SSSR count). The number of amides is 1. The van der Waals surface area contributed by atoms with Crippen LogP contribution in [0.25, 0.3) is 0 Å². The van der Waals surface area contributed by atoms with Gasteiger partial charge in [-0.2, -0.15) is 0 Å². The molecule has 0 saturated heterocycles. The topological polar surface area (TPSA) is 72.5 Å². The van der Waals surface area contributed by atoms with Crippen LogP contribution < -0.4 is 5.32 Å².